The van der Waals surface area contributed by atoms with Crippen LogP contribution in [0.5, 0.6) is 0 Å². The normalized spacial score (nSPS) is 16.9. The Balaban J connectivity index is 4.92. The molecule has 0 heterocycles. The van der Waals surface area contributed by atoms with Crippen molar-refractivity contribution in [2.24, 2.45) is 5.73 Å². The van der Waals surface area contributed by atoms with Gasteiger partial charge in [0.25, 0.3) is 11.9 Å². The van der Waals surface area contributed by atoms with E-state index in [0.29, 0.717) is 0 Å². The molecule has 0 spiro atoms. The van der Waals surface area contributed by atoms with Gasteiger partial charge in [-0.25, -0.2) is 4.39 Å². The third-order valence-electron chi connectivity index (χ3n) is 2.37. The molecule has 6 nitrogen and oxygen atoms in total. The van der Waals surface area contributed by atoms with Gasteiger partial charge in [0.1, 0.15) is 0 Å². The van der Waals surface area contributed by atoms with Gasteiger partial charge >= 0.3 is 0 Å². The number of nitrogens with two attached hydrogens (primary N) is 1. The second-order valence-corrected chi connectivity index (χ2v) is 6.81. The van der Waals surface area contributed by atoms with Gasteiger partial charge in [0, 0.05) is 26.3 Å². The molecule has 0 fully saturated rings. The van der Waals surface area contributed by atoms with Gasteiger partial charge in [-0.2, -0.15) is 0 Å². The number of ether oxygens (including phenoxy) is 2. The molecule has 2 N–H and O–H groups in total. The summed E-state index contributed by atoms with van der Waals surface area (Å²) in [6.45, 7) is 7.02. The fraction of sp³-hybridized carbons (Fsp3) is 0.909. The molecule has 19 heavy (non-hydrogen) atoms. The molecule has 0 aromatic rings. The number of primary amides is 1. The Kier molecular flexibility index (Phi) is 7.74. The van der Waals surface area contributed by atoms with Crippen LogP contribution in [-0.2, 0) is 23.4 Å². The number of rotatable bonds is 10. The van der Waals surface area contributed by atoms with Gasteiger partial charge in [-0.1, -0.05) is 6.92 Å². The van der Waals surface area contributed by atoms with Crippen LogP contribution in [0.3, 0.4) is 0 Å². The van der Waals surface area contributed by atoms with Crippen molar-refractivity contribution in [2.45, 2.75) is 39.8 Å². The first-order valence-electron chi connectivity index (χ1n) is 6.22. The number of hydrogen-bond donors (Lipinski definition) is 1. The van der Waals surface area contributed by atoms with Crippen LogP contribution in [0.15, 0.2) is 0 Å². The molecule has 0 saturated heterocycles. The van der Waals surface area contributed by atoms with Crippen molar-refractivity contribution in [2.75, 3.05) is 25.5 Å². The highest BCUT2D eigenvalue weighted by Crippen LogP contribution is 2.51. The second-order valence-electron chi connectivity index (χ2n) is 4.00. The molecule has 2 atom stereocenters. The van der Waals surface area contributed by atoms with Crippen LogP contribution in [0, 0.1) is 0 Å². The van der Waals surface area contributed by atoms with Crippen molar-refractivity contribution < 1.29 is 27.7 Å². The second kappa shape index (κ2) is 7.94. The van der Waals surface area contributed by atoms with Crippen molar-refractivity contribution in [3.63, 3.8) is 0 Å². The summed E-state index contributed by atoms with van der Waals surface area (Å²) in [5.74, 6) is -2.68. The van der Waals surface area contributed by atoms with Crippen LogP contribution >= 0.6 is 7.37 Å². The first-order chi connectivity index (χ1) is 8.72. The van der Waals surface area contributed by atoms with E-state index in [0.717, 1.165) is 0 Å². The van der Waals surface area contributed by atoms with Gasteiger partial charge in [0.2, 0.25) is 7.37 Å². The monoisotopic (exact) mass is 299 g/mol. The predicted molar refractivity (Wildman–Crippen MR) is 69.8 cm³/mol. The van der Waals surface area contributed by atoms with Gasteiger partial charge in [0.05, 0.1) is 6.16 Å². The van der Waals surface area contributed by atoms with Crippen molar-refractivity contribution in [1.29, 1.82) is 0 Å². The van der Waals surface area contributed by atoms with E-state index in [-0.39, 0.29) is 19.4 Å². The molecule has 0 rings (SSSR count). The largest absolute Gasteiger partial charge is 0.367 e. The highest BCUT2D eigenvalue weighted by Gasteiger charge is 2.38. The summed E-state index contributed by atoms with van der Waals surface area (Å²) in [6.07, 6.45) is -2.54. The topological polar surface area (TPSA) is 87.8 Å². The van der Waals surface area contributed by atoms with Crippen LogP contribution in [0.4, 0.5) is 4.39 Å². The Bertz CT molecular complexity index is 333. The van der Waals surface area contributed by atoms with Crippen LogP contribution < -0.4 is 5.73 Å². The van der Waals surface area contributed by atoms with E-state index in [1.807, 2.05) is 0 Å². The number of hydrogen-bond acceptors (Lipinski definition) is 5. The van der Waals surface area contributed by atoms with Crippen LogP contribution in [0.2, 0.25) is 0 Å². The number of carbonyl (C=O) groups excluding carboxylic acids is 1. The van der Waals surface area contributed by atoms with E-state index in [2.05, 4.69) is 0 Å². The summed E-state index contributed by atoms with van der Waals surface area (Å²) < 4.78 is 41.6. The van der Waals surface area contributed by atoms with E-state index in [9.17, 15) is 13.8 Å². The minimum absolute atomic E-state index is 0.0520. The summed E-state index contributed by atoms with van der Waals surface area (Å²) in [5, 5.41) is 0. The molecule has 0 aromatic heterocycles. The van der Waals surface area contributed by atoms with E-state index >= 15 is 0 Å². The highest BCUT2D eigenvalue weighted by atomic mass is 31.2. The number of halogens is 1. The van der Waals surface area contributed by atoms with Crippen molar-refractivity contribution in [3.05, 3.63) is 0 Å². The Hall–Kier alpha value is -0.490. The lowest BCUT2D eigenvalue weighted by Crippen LogP contribution is -2.37. The zero-order chi connectivity index (χ0) is 15.1. The number of amides is 1. The van der Waals surface area contributed by atoms with Gasteiger partial charge in [0.15, 0.2) is 6.17 Å². The van der Waals surface area contributed by atoms with E-state index in [1.165, 1.54) is 6.92 Å². The minimum Gasteiger partial charge on any atom is -0.367 e. The van der Waals surface area contributed by atoms with Crippen LogP contribution in [0.1, 0.15) is 27.7 Å². The Morgan fingerprint density at radius 3 is 2.11 bits per heavy atom. The molecular formula is C11H23FNO5P. The molecule has 0 aliphatic rings. The Labute approximate surface area is 113 Å². The van der Waals surface area contributed by atoms with Crippen molar-refractivity contribution in [1.82, 2.24) is 0 Å². The Morgan fingerprint density at radius 1 is 1.32 bits per heavy atom. The number of carbonyl (C=O) groups is 1. The summed E-state index contributed by atoms with van der Waals surface area (Å²) >= 11 is 0. The fourth-order valence-electron chi connectivity index (χ4n) is 1.49. The zero-order valence-corrected chi connectivity index (χ0v) is 12.7. The third kappa shape index (κ3) is 6.47. The smallest absolute Gasteiger partial charge is 0.285 e. The summed E-state index contributed by atoms with van der Waals surface area (Å²) in [5.41, 5.74) is 4.83. The maximum absolute atomic E-state index is 13.3. The summed E-state index contributed by atoms with van der Waals surface area (Å²) in [7, 11) is -3.42. The lowest BCUT2D eigenvalue weighted by Gasteiger charge is -2.32. The Morgan fingerprint density at radius 2 is 1.79 bits per heavy atom. The molecule has 8 heteroatoms. The molecule has 0 radical (unpaired) electrons. The van der Waals surface area contributed by atoms with Crippen molar-refractivity contribution >= 4 is 13.3 Å². The zero-order valence-electron chi connectivity index (χ0n) is 11.8. The molecule has 114 valence electrons. The van der Waals surface area contributed by atoms with E-state index in [4.69, 9.17) is 19.7 Å². The summed E-state index contributed by atoms with van der Waals surface area (Å²) in [4.78, 5) is 10.7. The van der Waals surface area contributed by atoms with Crippen LogP contribution in [0.25, 0.3) is 0 Å². The quantitative estimate of drug-likeness (QED) is 0.491. The fourth-order valence-corrected chi connectivity index (χ4v) is 3.33. The van der Waals surface area contributed by atoms with Crippen molar-refractivity contribution in [3.8, 4) is 0 Å². The molecule has 0 bridgehead atoms. The van der Waals surface area contributed by atoms with Gasteiger partial charge in [-0.05, 0) is 13.8 Å². The third-order valence-corrected chi connectivity index (χ3v) is 4.88. The average molecular weight is 299 g/mol. The van der Waals surface area contributed by atoms with Gasteiger partial charge in [-0.3, -0.25) is 13.9 Å². The molecule has 0 aliphatic carbocycles. The van der Waals surface area contributed by atoms with E-state index < -0.39 is 31.6 Å². The highest BCUT2D eigenvalue weighted by molar-refractivity contribution is 7.59. The summed E-state index contributed by atoms with van der Waals surface area (Å²) in [6, 6.07) is 0. The molecule has 1 amide bonds. The SMILES string of the molecule is CCOC(C)(OCC)OP(=O)(CC)CC(F)C(N)=O. The lowest BCUT2D eigenvalue weighted by molar-refractivity contribution is -0.328. The lowest BCUT2D eigenvalue weighted by atomic mass is 10.4. The van der Waals surface area contributed by atoms with Gasteiger partial charge in [-0.15, -0.1) is 0 Å². The molecular weight excluding hydrogens is 276 g/mol. The average Bonchev–Trinajstić information content (AvgIpc) is 2.28. The molecule has 0 saturated carbocycles. The minimum atomic E-state index is -3.42. The molecule has 0 aliphatic heterocycles. The molecule has 0 aromatic carbocycles. The molecule has 2 unspecified atom stereocenters. The first kappa shape index (κ1) is 18.5. The predicted octanol–water partition coefficient (Wildman–Crippen LogP) is 1.87. The maximum atomic E-state index is 13.3. The van der Waals surface area contributed by atoms with Gasteiger partial charge < -0.3 is 15.2 Å². The standard InChI is InChI=1S/C11H23FNO5P/c1-5-16-11(4,17-6-2)18-19(15,7-3)8-9(12)10(13)14/h9H,5-8H2,1-4H3,(H2,13,14). The number of alkyl halides is 1. The first-order valence-corrected chi connectivity index (χ1v) is 8.21. The van der Waals surface area contributed by atoms with E-state index in [1.54, 1.807) is 20.8 Å². The maximum Gasteiger partial charge on any atom is 0.285 e. The van der Waals surface area contributed by atoms with Crippen LogP contribution in [-0.4, -0.2) is 43.6 Å².